The second-order valence-electron chi connectivity index (χ2n) is 4.39. The van der Waals surface area contributed by atoms with E-state index in [1.165, 1.54) is 19.3 Å². The van der Waals surface area contributed by atoms with Crippen molar-refractivity contribution in [1.82, 2.24) is 9.97 Å². The fourth-order valence-electron chi connectivity index (χ4n) is 2.30. The smallest absolute Gasteiger partial charge is 0.223 e. The van der Waals surface area contributed by atoms with Crippen molar-refractivity contribution in [3.8, 4) is 0 Å². The van der Waals surface area contributed by atoms with Gasteiger partial charge in [0.15, 0.2) is 0 Å². The molecule has 0 aromatic carbocycles. The van der Waals surface area contributed by atoms with Crippen LogP contribution in [0.25, 0.3) is 0 Å². The van der Waals surface area contributed by atoms with Gasteiger partial charge >= 0.3 is 0 Å². The van der Waals surface area contributed by atoms with E-state index in [0.717, 1.165) is 24.1 Å². The predicted molar refractivity (Wildman–Crippen MR) is 55.7 cm³/mol. The fraction of sp³-hybridized carbons (Fsp3) is 0.600. The minimum absolute atomic E-state index is 0.278. The number of hydrogen-bond acceptors (Lipinski definition) is 2. The van der Waals surface area contributed by atoms with Gasteiger partial charge in [0.25, 0.3) is 0 Å². The zero-order valence-electron chi connectivity index (χ0n) is 7.69. The minimum Gasteiger partial charge on any atom is -0.223 e. The van der Waals surface area contributed by atoms with Gasteiger partial charge in [0.2, 0.25) is 5.28 Å². The molecule has 1 heterocycles. The van der Waals surface area contributed by atoms with Crippen LogP contribution >= 0.6 is 23.2 Å². The van der Waals surface area contributed by atoms with E-state index >= 15 is 0 Å². The Balaban J connectivity index is 2.07. The molecule has 0 aliphatic heterocycles. The molecular formula is C10H10Cl2N2. The van der Waals surface area contributed by atoms with Crippen LogP contribution in [0.2, 0.25) is 10.4 Å². The van der Waals surface area contributed by atoms with Crippen LogP contribution in [-0.4, -0.2) is 9.97 Å². The van der Waals surface area contributed by atoms with Gasteiger partial charge in [-0.25, -0.2) is 9.97 Å². The lowest BCUT2D eigenvalue weighted by atomic mass is 9.85. The lowest BCUT2D eigenvalue weighted by Gasteiger charge is -2.23. The van der Waals surface area contributed by atoms with Gasteiger partial charge in [-0.2, -0.15) is 0 Å². The molecule has 0 amide bonds. The molecule has 0 N–H and O–H groups in total. The summed E-state index contributed by atoms with van der Waals surface area (Å²) in [5.74, 6) is 0. The number of fused-ring (bicyclic) bond motifs is 1. The molecule has 0 radical (unpaired) electrons. The summed E-state index contributed by atoms with van der Waals surface area (Å²) in [6.45, 7) is 0. The van der Waals surface area contributed by atoms with Crippen LogP contribution in [0.3, 0.4) is 0 Å². The van der Waals surface area contributed by atoms with Crippen LogP contribution in [0.15, 0.2) is 0 Å². The maximum atomic E-state index is 6.07. The summed E-state index contributed by atoms with van der Waals surface area (Å²) in [4.78, 5) is 8.24. The fourth-order valence-corrected chi connectivity index (χ4v) is 2.79. The number of aryl methyl sites for hydroxylation is 1. The standard InChI is InChI=1S/C10H10Cl2N2/c11-8-6-5-10(3-4-10)2-1-7(6)13-9(12)14-8/h1-5H2. The van der Waals surface area contributed by atoms with Crippen molar-refractivity contribution in [3.63, 3.8) is 0 Å². The van der Waals surface area contributed by atoms with Crippen molar-refractivity contribution in [3.05, 3.63) is 21.7 Å². The molecule has 1 spiro atoms. The Bertz CT molecular complexity index is 399. The molecule has 2 aliphatic rings. The molecule has 2 nitrogen and oxygen atoms in total. The third-order valence-electron chi connectivity index (χ3n) is 3.42. The Labute approximate surface area is 92.7 Å². The van der Waals surface area contributed by atoms with Gasteiger partial charge in [-0.05, 0) is 49.1 Å². The summed E-state index contributed by atoms with van der Waals surface area (Å²) in [6, 6.07) is 0. The Kier molecular flexibility index (Phi) is 1.80. The molecule has 14 heavy (non-hydrogen) atoms. The summed E-state index contributed by atoms with van der Waals surface area (Å²) in [7, 11) is 0. The molecule has 1 aromatic heterocycles. The molecule has 0 saturated heterocycles. The van der Waals surface area contributed by atoms with Crippen molar-refractivity contribution < 1.29 is 0 Å². The molecule has 3 rings (SSSR count). The Hall–Kier alpha value is -0.340. The number of halogens is 2. The lowest BCUT2D eigenvalue weighted by Crippen LogP contribution is -2.17. The van der Waals surface area contributed by atoms with Gasteiger partial charge < -0.3 is 0 Å². The van der Waals surface area contributed by atoms with E-state index < -0.39 is 0 Å². The van der Waals surface area contributed by atoms with Gasteiger partial charge in [-0.1, -0.05) is 11.6 Å². The van der Waals surface area contributed by atoms with Gasteiger partial charge in [-0.15, -0.1) is 0 Å². The van der Waals surface area contributed by atoms with E-state index in [-0.39, 0.29) is 5.28 Å². The van der Waals surface area contributed by atoms with Crippen molar-refractivity contribution in [2.45, 2.75) is 32.1 Å². The lowest BCUT2D eigenvalue weighted by molar-refractivity contribution is 0.431. The Morgan fingerprint density at radius 2 is 1.86 bits per heavy atom. The highest BCUT2D eigenvalue weighted by Gasteiger charge is 2.45. The zero-order valence-corrected chi connectivity index (χ0v) is 9.20. The highest BCUT2D eigenvalue weighted by Crippen LogP contribution is 2.55. The van der Waals surface area contributed by atoms with Crippen molar-refractivity contribution in [2.24, 2.45) is 5.41 Å². The molecule has 1 aromatic rings. The topological polar surface area (TPSA) is 25.8 Å². The Morgan fingerprint density at radius 3 is 2.57 bits per heavy atom. The molecular weight excluding hydrogens is 219 g/mol. The maximum absolute atomic E-state index is 6.07. The average Bonchev–Trinajstić information content (AvgIpc) is 2.87. The SMILES string of the molecule is Clc1nc(Cl)c2c(n1)CCC1(CC1)C2. The predicted octanol–water partition coefficient (Wildman–Crippen LogP) is 3.05. The highest BCUT2D eigenvalue weighted by atomic mass is 35.5. The van der Waals surface area contributed by atoms with E-state index in [1.807, 2.05) is 0 Å². The molecule has 1 saturated carbocycles. The molecule has 0 bridgehead atoms. The summed E-state index contributed by atoms with van der Waals surface area (Å²) in [6.07, 6.45) is 5.98. The van der Waals surface area contributed by atoms with Gasteiger partial charge in [0.1, 0.15) is 5.15 Å². The van der Waals surface area contributed by atoms with Crippen LogP contribution in [0.1, 0.15) is 30.5 Å². The third kappa shape index (κ3) is 1.32. The molecule has 74 valence electrons. The van der Waals surface area contributed by atoms with E-state index in [4.69, 9.17) is 23.2 Å². The molecule has 0 atom stereocenters. The Morgan fingerprint density at radius 1 is 1.07 bits per heavy atom. The van der Waals surface area contributed by atoms with Crippen LogP contribution in [-0.2, 0) is 12.8 Å². The van der Waals surface area contributed by atoms with E-state index in [0.29, 0.717) is 10.6 Å². The first-order valence-electron chi connectivity index (χ1n) is 4.89. The third-order valence-corrected chi connectivity index (χ3v) is 3.90. The molecule has 2 aliphatic carbocycles. The van der Waals surface area contributed by atoms with Crippen LogP contribution in [0.4, 0.5) is 0 Å². The molecule has 4 heteroatoms. The maximum Gasteiger partial charge on any atom is 0.224 e. The highest BCUT2D eigenvalue weighted by molar-refractivity contribution is 6.32. The minimum atomic E-state index is 0.278. The van der Waals surface area contributed by atoms with Crippen LogP contribution < -0.4 is 0 Å². The largest absolute Gasteiger partial charge is 0.224 e. The normalized spacial score (nSPS) is 22.1. The van der Waals surface area contributed by atoms with Crippen molar-refractivity contribution in [2.75, 3.05) is 0 Å². The van der Waals surface area contributed by atoms with Gasteiger partial charge in [0.05, 0.1) is 5.69 Å². The average molecular weight is 229 g/mol. The number of nitrogens with zero attached hydrogens (tertiary/aromatic N) is 2. The van der Waals surface area contributed by atoms with Crippen LogP contribution in [0.5, 0.6) is 0 Å². The van der Waals surface area contributed by atoms with Gasteiger partial charge in [0, 0.05) is 5.56 Å². The number of aromatic nitrogens is 2. The second kappa shape index (κ2) is 2.83. The number of hydrogen-bond donors (Lipinski definition) is 0. The monoisotopic (exact) mass is 228 g/mol. The molecule has 1 fully saturated rings. The summed E-state index contributed by atoms with van der Waals surface area (Å²) in [5, 5.41) is 0.839. The zero-order chi connectivity index (χ0) is 9.76. The van der Waals surface area contributed by atoms with Crippen LogP contribution in [0, 0.1) is 5.41 Å². The van der Waals surface area contributed by atoms with Crippen molar-refractivity contribution >= 4 is 23.2 Å². The molecule has 0 unspecified atom stereocenters. The first-order chi connectivity index (χ1) is 6.69. The van der Waals surface area contributed by atoms with E-state index in [9.17, 15) is 0 Å². The quantitative estimate of drug-likeness (QED) is 0.504. The summed E-state index contributed by atoms with van der Waals surface area (Å²) in [5.41, 5.74) is 2.75. The van der Waals surface area contributed by atoms with E-state index in [2.05, 4.69) is 9.97 Å². The van der Waals surface area contributed by atoms with Gasteiger partial charge in [-0.3, -0.25) is 0 Å². The second-order valence-corrected chi connectivity index (χ2v) is 5.08. The van der Waals surface area contributed by atoms with E-state index in [1.54, 1.807) is 0 Å². The number of rotatable bonds is 0. The first-order valence-corrected chi connectivity index (χ1v) is 5.65. The summed E-state index contributed by atoms with van der Waals surface area (Å²) >= 11 is 11.8. The first kappa shape index (κ1) is 8.93. The summed E-state index contributed by atoms with van der Waals surface area (Å²) < 4.78 is 0. The van der Waals surface area contributed by atoms with Crippen molar-refractivity contribution in [1.29, 1.82) is 0 Å².